The summed E-state index contributed by atoms with van der Waals surface area (Å²) in [5.74, 6) is 6.11. The fourth-order valence-corrected chi connectivity index (χ4v) is 6.69. The number of nitrogens with zero attached hydrogens (tertiary/aromatic N) is 1. The molecule has 4 rings (SSSR count). The van der Waals surface area contributed by atoms with Crippen molar-refractivity contribution in [2.24, 2.45) is 5.14 Å². The summed E-state index contributed by atoms with van der Waals surface area (Å²) in [7, 11) is -2.44. The minimum absolute atomic E-state index is 0.0780. The highest BCUT2D eigenvalue weighted by Gasteiger charge is 2.31. The van der Waals surface area contributed by atoms with Crippen molar-refractivity contribution >= 4 is 42.8 Å². The number of hydrogen-bond donors (Lipinski definition) is 3. The van der Waals surface area contributed by atoms with Gasteiger partial charge in [-0.15, -0.1) is 11.3 Å². The molecule has 1 saturated heterocycles. The Morgan fingerprint density at radius 1 is 1.14 bits per heavy atom. The Balaban J connectivity index is 1.57. The number of rotatable bonds is 11. The van der Waals surface area contributed by atoms with Crippen LogP contribution in [0.3, 0.4) is 0 Å². The van der Waals surface area contributed by atoms with E-state index in [-0.39, 0.29) is 42.0 Å². The maximum Gasteiger partial charge on any atom is 0.393 e. The van der Waals surface area contributed by atoms with Crippen molar-refractivity contribution in [3.8, 4) is 17.6 Å². The predicted molar refractivity (Wildman–Crippen MR) is 165 cm³/mol. The molecule has 0 saturated carbocycles. The summed E-state index contributed by atoms with van der Waals surface area (Å²) < 4.78 is 75.9. The molecule has 1 aliphatic heterocycles. The number of methoxy groups -OCH3 is 1. The van der Waals surface area contributed by atoms with Gasteiger partial charge in [0.1, 0.15) is 12.4 Å². The van der Waals surface area contributed by atoms with E-state index < -0.39 is 22.6 Å². The molecule has 2 heterocycles. The summed E-state index contributed by atoms with van der Waals surface area (Å²) in [5.41, 5.74) is 1.45. The third-order valence-corrected chi connectivity index (χ3v) is 9.32. The van der Waals surface area contributed by atoms with Gasteiger partial charge in [-0.1, -0.05) is 24.0 Å². The molecule has 234 valence electrons. The first-order chi connectivity index (χ1) is 20.4. The number of sulfonamides is 1. The predicted octanol–water partition coefficient (Wildman–Crippen LogP) is 5.43. The number of nitrogens with one attached hydrogen (secondary N) is 2. The van der Waals surface area contributed by atoms with Crippen molar-refractivity contribution < 1.29 is 31.1 Å². The Morgan fingerprint density at radius 3 is 2.53 bits per heavy atom. The van der Waals surface area contributed by atoms with Crippen LogP contribution in [0.4, 0.5) is 24.5 Å². The molecule has 1 aromatic heterocycles. The topological polar surface area (TPSA) is 106 Å². The smallest absolute Gasteiger partial charge is 0.393 e. The zero-order valence-electron chi connectivity index (χ0n) is 24.4. The van der Waals surface area contributed by atoms with Gasteiger partial charge in [0, 0.05) is 38.3 Å². The third-order valence-electron chi connectivity index (χ3n) is 7.21. The molecule has 1 aliphatic rings. The van der Waals surface area contributed by atoms with E-state index in [2.05, 4.69) is 41.2 Å². The number of nitrogens with two attached hydrogens (primary N) is 1. The summed E-state index contributed by atoms with van der Waals surface area (Å²) in [6.07, 6.45) is -3.55. The lowest BCUT2D eigenvalue weighted by atomic mass is 10.0. The molecule has 2 aromatic carbocycles. The number of halogens is 3. The second-order valence-corrected chi connectivity index (χ2v) is 13.2. The highest BCUT2D eigenvalue weighted by Crippen LogP contribution is 2.39. The molecule has 0 radical (unpaired) electrons. The van der Waals surface area contributed by atoms with E-state index in [1.165, 1.54) is 36.6 Å². The Bertz CT molecular complexity index is 1570. The average Bonchev–Trinajstić information content (AvgIpc) is 3.28. The lowest BCUT2D eigenvalue weighted by molar-refractivity contribution is -0.126. The van der Waals surface area contributed by atoms with Gasteiger partial charge in [-0.2, -0.15) is 13.2 Å². The minimum atomic E-state index is -4.39. The highest BCUT2D eigenvalue weighted by molar-refractivity contribution is 7.89. The van der Waals surface area contributed by atoms with Gasteiger partial charge in [0.25, 0.3) is 0 Å². The van der Waals surface area contributed by atoms with Crippen LogP contribution in [0.2, 0.25) is 0 Å². The van der Waals surface area contributed by atoms with Crippen LogP contribution < -0.4 is 20.5 Å². The molecule has 43 heavy (non-hydrogen) atoms. The summed E-state index contributed by atoms with van der Waals surface area (Å²) in [4.78, 5) is 2.67. The fourth-order valence-electron chi connectivity index (χ4n) is 4.99. The number of hydrogen-bond acceptors (Lipinski definition) is 8. The van der Waals surface area contributed by atoms with E-state index in [9.17, 15) is 21.6 Å². The third kappa shape index (κ3) is 9.00. The van der Waals surface area contributed by atoms with Gasteiger partial charge in [-0.05, 0) is 55.8 Å². The number of thiophene rings is 1. The molecule has 13 heteroatoms. The number of alkyl halides is 3. The number of primary sulfonamides is 1. The second-order valence-electron chi connectivity index (χ2n) is 10.6. The van der Waals surface area contributed by atoms with Crippen LogP contribution in [-0.2, 0) is 21.2 Å². The van der Waals surface area contributed by atoms with Crippen LogP contribution in [-0.4, -0.2) is 71.5 Å². The van der Waals surface area contributed by atoms with Crippen LogP contribution in [0.1, 0.15) is 37.1 Å². The van der Waals surface area contributed by atoms with E-state index in [1.54, 1.807) is 12.1 Å². The van der Waals surface area contributed by atoms with E-state index in [0.29, 0.717) is 22.0 Å². The standard InChI is InChI=1S/C30H37F3N4O4S2/c1-20(2)37-14-11-21(12-15-37)36-26-7-4-6-23-24(19-30(31,32)33)28(42-29(23)26)8-5-13-35-25-10-9-22(43(34,38)39)18-27(25)41-17-16-40-3/h4,6-7,9-10,18,20-21,35-36H,11-17,19H2,1-3H3,(H2,34,38,39). The van der Waals surface area contributed by atoms with Crippen LogP contribution >= 0.6 is 11.3 Å². The Labute approximate surface area is 254 Å². The lowest BCUT2D eigenvalue weighted by Crippen LogP contribution is -2.42. The molecule has 3 aromatic rings. The molecular formula is C30H37F3N4O4S2. The Kier molecular flexibility index (Phi) is 10.8. The minimum Gasteiger partial charge on any atom is -0.489 e. The first-order valence-corrected chi connectivity index (χ1v) is 16.3. The zero-order chi connectivity index (χ0) is 31.2. The summed E-state index contributed by atoms with van der Waals surface area (Å²) in [6.45, 7) is 6.84. The van der Waals surface area contributed by atoms with Crippen LogP contribution in [0.25, 0.3) is 10.1 Å². The SMILES string of the molecule is COCCOc1cc(S(N)(=O)=O)ccc1NCC#Cc1sc2c(NC3CCN(C(C)C)CC3)cccc2c1CC(F)(F)F. The number of ether oxygens (including phenoxy) is 2. The van der Waals surface area contributed by atoms with Gasteiger partial charge in [-0.3, -0.25) is 0 Å². The zero-order valence-corrected chi connectivity index (χ0v) is 26.0. The van der Waals surface area contributed by atoms with Gasteiger partial charge in [0.15, 0.2) is 0 Å². The maximum atomic E-state index is 13.6. The number of benzene rings is 2. The van der Waals surface area contributed by atoms with Gasteiger partial charge >= 0.3 is 6.18 Å². The number of likely N-dealkylation sites (tertiary alicyclic amines) is 1. The Morgan fingerprint density at radius 2 is 1.88 bits per heavy atom. The van der Waals surface area contributed by atoms with Crippen molar-refractivity contribution in [3.05, 3.63) is 46.8 Å². The van der Waals surface area contributed by atoms with Crippen LogP contribution in [0, 0.1) is 11.8 Å². The van der Waals surface area contributed by atoms with Crippen molar-refractivity contribution in [3.63, 3.8) is 0 Å². The molecule has 0 spiro atoms. The summed E-state index contributed by atoms with van der Waals surface area (Å²) >= 11 is 1.26. The number of fused-ring (bicyclic) bond motifs is 1. The molecular weight excluding hydrogens is 601 g/mol. The average molecular weight is 639 g/mol. The van der Waals surface area contributed by atoms with E-state index in [1.807, 2.05) is 6.07 Å². The van der Waals surface area contributed by atoms with Gasteiger partial charge in [0.05, 0.1) is 45.4 Å². The first kappa shape index (κ1) is 32.9. The first-order valence-electron chi connectivity index (χ1n) is 14.0. The molecule has 0 unspecified atom stereocenters. The molecule has 1 fully saturated rings. The second kappa shape index (κ2) is 14.2. The van der Waals surface area contributed by atoms with Gasteiger partial charge in [-0.25, -0.2) is 13.6 Å². The molecule has 4 N–H and O–H groups in total. The molecule has 0 aliphatic carbocycles. The molecule has 0 bridgehead atoms. The lowest BCUT2D eigenvalue weighted by Gasteiger charge is -2.35. The largest absolute Gasteiger partial charge is 0.489 e. The van der Waals surface area contributed by atoms with Gasteiger partial charge in [0.2, 0.25) is 10.0 Å². The summed E-state index contributed by atoms with van der Waals surface area (Å²) in [6, 6.07) is 10.3. The summed E-state index contributed by atoms with van der Waals surface area (Å²) in [5, 5.41) is 12.4. The normalized spacial score (nSPS) is 15.0. The Hall–Kier alpha value is -3.02. The van der Waals surface area contributed by atoms with Crippen LogP contribution in [0.15, 0.2) is 41.3 Å². The highest BCUT2D eigenvalue weighted by atomic mass is 32.2. The van der Waals surface area contributed by atoms with Crippen molar-refractivity contribution in [1.29, 1.82) is 0 Å². The molecule has 8 nitrogen and oxygen atoms in total. The quantitative estimate of drug-likeness (QED) is 0.190. The van der Waals surface area contributed by atoms with Gasteiger partial charge < -0.3 is 25.0 Å². The molecule has 0 amide bonds. The van der Waals surface area contributed by atoms with Crippen molar-refractivity contribution in [2.75, 3.05) is 50.6 Å². The maximum absolute atomic E-state index is 13.6. The monoisotopic (exact) mass is 638 g/mol. The number of anilines is 2. The van der Waals surface area contributed by atoms with Crippen molar-refractivity contribution in [1.82, 2.24) is 4.90 Å². The van der Waals surface area contributed by atoms with Crippen LogP contribution in [0.5, 0.6) is 5.75 Å². The van der Waals surface area contributed by atoms with E-state index in [0.717, 1.165) is 36.3 Å². The van der Waals surface area contributed by atoms with Crippen molar-refractivity contribution in [2.45, 2.75) is 56.3 Å². The number of piperidine rings is 1. The molecule has 0 atom stereocenters. The van der Waals surface area contributed by atoms with E-state index >= 15 is 0 Å². The fraction of sp³-hybridized carbons (Fsp3) is 0.467. The van der Waals surface area contributed by atoms with E-state index in [4.69, 9.17) is 14.6 Å².